The van der Waals surface area contributed by atoms with Crippen LogP contribution < -0.4 is 5.73 Å². The fourth-order valence-electron chi connectivity index (χ4n) is 1.03. The van der Waals surface area contributed by atoms with Crippen molar-refractivity contribution >= 4 is 11.6 Å². The number of aliphatic imine (C=N–C) groups is 1. The van der Waals surface area contributed by atoms with Gasteiger partial charge in [0.1, 0.15) is 0 Å². The summed E-state index contributed by atoms with van der Waals surface area (Å²) < 4.78 is 0. The van der Waals surface area contributed by atoms with Crippen LogP contribution in [0.25, 0.3) is 0 Å². The molecule has 2 N–H and O–H groups in total. The van der Waals surface area contributed by atoms with Crippen molar-refractivity contribution < 1.29 is 0 Å². The minimum Gasteiger partial charge on any atom is -0.370 e. The summed E-state index contributed by atoms with van der Waals surface area (Å²) in [5, 5.41) is 0. The van der Waals surface area contributed by atoms with Gasteiger partial charge in [-0.15, -0.1) is 0 Å². The molecule has 1 aromatic carbocycles. The first kappa shape index (κ1) is 10.6. The van der Waals surface area contributed by atoms with E-state index in [0.29, 0.717) is 5.96 Å². The van der Waals surface area contributed by atoms with Gasteiger partial charge in [-0.3, -0.25) is 0 Å². The lowest BCUT2D eigenvalue weighted by Crippen LogP contribution is -2.29. The fraction of sp³-hybridized carbons (Fsp3) is 0.364. The van der Waals surface area contributed by atoms with Crippen molar-refractivity contribution in [3.63, 3.8) is 0 Å². The lowest BCUT2D eigenvalue weighted by Gasteiger charge is -2.10. The summed E-state index contributed by atoms with van der Waals surface area (Å²) in [5.41, 5.74) is 9.12. The second-order valence-electron chi connectivity index (χ2n) is 3.63. The third-order valence-corrected chi connectivity index (χ3v) is 2.19. The van der Waals surface area contributed by atoms with E-state index in [1.165, 1.54) is 11.1 Å². The van der Waals surface area contributed by atoms with Gasteiger partial charge in [0, 0.05) is 14.1 Å². The summed E-state index contributed by atoms with van der Waals surface area (Å²) in [7, 11) is 3.75. The molecule has 0 aliphatic heterocycles. The van der Waals surface area contributed by atoms with Gasteiger partial charge in [-0.05, 0) is 37.1 Å². The van der Waals surface area contributed by atoms with Crippen LogP contribution in [0.1, 0.15) is 11.1 Å². The summed E-state index contributed by atoms with van der Waals surface area (Å²) in [4.78, 5) is 6.07. The highest BCUT2D eigenvalue weighted by Crippen LogP contribution is 2.16. The van der Waals surface area contributed by atoms with Crippen molar-refractivity contribution in [2.24, 2.45) is 10.7 Å². The van der Waals surface area contributed by atoms with Crippen molar-refractivity contribution in [2.75, 3.05) is 14.1 Å². The minimum atomic E-state index is 0.522. The van der Waals surface area contributed by atoms with E-state index in [1.54, 1.807) is 4.90 Å². The molecule has 1 rings (SSSR count). The summed E-state index contributed by atoms with van der Waals surface area (Å²) in [6.07, 6.45) is 0. The van der Waals surface area contributed by atoms with Gasteiger partial charge >= 0.3 is 0 Å². The zero-order valence-electron chi connectivity index (χ0n) is 9.20. The van der Waals surface area contributed by atoms with Crippen molar-refractivity contribution in [3.05, 3.63) is 29.3 Å². The molecule has 0 saturated carbocycles. The lowest BCUT2D eigenvalue weighted by molar-refractivity contribution is 0.615. The van der Waals surface area contributed by atoms with E-state index in [2.05, 4.69) is 24.9 Å². The lowest BCUT2D eigenvalue weighted by atomic mass is 10.1. The molecule has 0 atom stereocenters. The number of rotatable bonds is 1. The standard InChI is InChI=1S/C11H17N3/c1-8-5-6-10(7-9(8)2)13-11(12)14(3)4/h5-7H,1-4H3,(H2,12,13). The number of nitrogens with two attached hydrogens (primary N) is 1. The molecule has 0 radical (unpaired) electrons. The monoisotopic (exact) mass is 191 g/mol. The molecule has 14 heavy (non-hydrogen) atoms. The van der Waals surface area contributed by atoms with E-state index in [0.717, 1.165) is 5.69 Å². The number of guanidine groups is 1. The van der Waals surface area contributed by atoms with Crippen LogP contribution in [-0.4, -0.2) is 25.0 Å². The second kappa shape index (κ2) is 4.13. The SMILES string of the molecule is Cc1ccc(N=C(N)N(C)C)cc1C. The van der Waals surface area contributed by atoms with E-state index < -0.39 is 0 Å². The molecular formula is C11H17N3. The van der Waals surface area contributed by atoms with Crippen LogP contribution in [-0.2, 0) is 0 Å². The van der Waals surface area contributed by atoms with E-state index in [1.807, 2.05) is 26.2 Å². The Kier molecular flexibility index (Phi) is 3.12. The van der Waals surface area contributed by atoms with Crippen LogP contribution in [0.5, 0.6) is 0 Å². The normalized spacial score (nSPS) is 11.6. The van der Waals surface area contributed by atoms with Crippen LogP contribution >= 0.6 is 0 Å². The third-order valence-electron chi connectivity index (χ3n) is 2.19. The van der Waals surface area contributed by atoms with E-state index in [-0.39, 0.29) is 0 Å². The predicted molar refractivity (Wildman–Crippen MR) is 60.9 cm³/mol. The summed E-state index contributed by atoms with van der Waals surface area (Å²) in [6.45, 7) is 4.15. The molecule has 76 valence electrons. The minimum absolute atomic E-state index is 0.522. The van der Waals surface area contributed by atoms with Gasteiger partial charge < -0.3 is 10.6 Å². The zero-order chi connectivity index (χ0) is 10.7. The van der Waals surface area contributed by atoms with Gasteiger partial charge in [0.25, 0.3) is 0 Å². The van der Waals surface area contributed by atoms with Crippen LogP contribution in [0, 0.1) is 13.8 Å². The molecule has 0 heterocycles. The first-order valence-corrected chi connectivity index (χ1v) is 4.59. The van der Waals surface area contributed by atoms with Crippen LogP contribution in [0.3, 0.4) is 0 Å². The Morgan fingerprint density at radius 3 is 2.36 bits per heavy atom. The molecule has 1 aromatic rings. The largest absolute Gasteiger partial charge is 0.370 e. The van der Waals surface area contributed by atoms with Crippen molar-refractivity contribution in [1.82, 2.24) is 4.90 Å². The zero-order valence-corrected chi connectivity index (χ0v) is 9.20. The molecule has 0 aromatic heterocycles. The third kappa shape index (κ3) is 2.49. The Balaban J connectivity index is 2.98. The number of nitrogens with zero attached hydrogens (tertiary/aromatic N) is 2. The Hall–Kier alpha value is -1.51. The number of hydrogen-bond acceptors (Lipinski definition) is 1. The topological polar surface area (TPSA) is 41.6 Å². The predicted octanol–water partition coefficient (Wildman–Crippen LogP) is 1.81. The van der Waals surface area contributed by atoms with Gasteiger partial charge in [0.2, 0.25) is 0 Å². The summed E-state index contributed by atoms with van der Waals surface area (Å²) in [5.74, 6) is 0.522. The average molecular weight is 191 g/mol. The second-order valence-corrected chi connectivity index (χ2v) is 3.63. The smallest absolute Gasteiger partial charge is 0.195 e. The Morgan fingerprint density at radius 1 is 1.21 bits per heavy atom. The Morgan fingerprint density at radius 2 is 1.86 bits per heavy atom. The highest BCUT2D eigenvalue weighted by molar-refractivity contribution is 5.80. The molecule has 0 amide bonds. The maximum Gasteiger partial charge on any atom is 0.195 e. The number of hydrogen-bond donors (Lipinski definition) is 1. The molecule has 0 aliphatic rings. The number of benzene rings is 1. The van der Waals surface area contributed by atoms with E-state index in [9.17, 15) is 0 Å². The molecule has 0 unspecified atom stereocenters. The Labute approximate surface area is 85.3 Å². The van der Waals surface area contributed by atoms with Crippen molar-refractivity contribution in [3.8, 4) is 0 Å². The van der Waals surface area contributed by atoms with Gasteiger partial charge in [-0.1, -0.05) is 6.07 Å². The molecule has 0 aliphatic carbocycles. The van der Waals surface area contributed by atoms with Crippen LogP contribution in [0.2, 0.25) is 0 Å². The van der Waals surface area contributed by atoms with Crippen LogP contribution in [0.4, 0.5) is 5.69 Å². The quantitative estimate of drug-likeness (QED) is 0.543. The Bertz CT molecular complexity index is 354. The maximum atomic E-state index is 5.71. The van der Waals surface area contributed by atoms with Crippen molar-refractivity contribution in [1.29, 1.82) is 0 Å². The molecule has 0 bridgehead atoms. The highest BCUT2D eigenvalue weighted by Gasteiger charge is 1.97. The van der Waals surface area contributed by atoms with Crippen molar-refractivity contribution in [2.45, 2.75) is 13.8 Å². The molecule has 3 heteroatoms. The molecule has 0 fully saturated rings. The number of aryl methyl sites for hydroxylation is 2. The average Bonchev–Trinajstić information content (AvgIpc) is 2.11. The fourth-order valence-corrected chi connectivity index (χ4v) is 1.03. The molecule has 0 saturated heterocycles. The van der Waals surface area contributed by atoms with E-state index >= 15 is 0 Å². The van der Waals surface area contributed by atoms with Gasteiger partial charge in [0.15, 0.2) is 5.96 Å². The van der Waals surface area contributed by atoms with Gasteiger partial charge in [-0.2, -0.15) is 0 Å². The molecule has 0 spiro atoms. The van der Waals surface area contributed by atoms with E-state index in [4.69, 9.17) is 5.73 Å². The van der Waals surface area contributed by atoms with Gasteiger partial charge in [-0.25, -0.2) is 4.99 Å². The molecular weight excluding hydrogens is 174 g/mol. The van der Waals surface area contributed by atoms with Gasteiger partial charge in [0.05, 0.1) is 5.69 Å². The van der Waals surface area contributed by atoms with Crippen LogP contribution in [0.15, 0.2) is 23.2 Å². The summed E-state index contributed by atoms with van der Waals surface area (Å²) >= 11 is 0. The maximum absolute atomic E-state index is 5.71. The first-order chi connectivity index (χ1) is 6.50. The summed E-state index contributed by atoms with van der Waals surface area (Å²) in [6, 6.07) is 6.06. The first-order valence-electron chi connectivity index (χ1n) is 4.59. The molecule has 3 nitrogen and oxygen atoms in total. The highest BCUT2D eigenvalue weighted by atomic mass is 15.2.